The molecular formula is C11H14BrClN2. The molecule has 0 aliphatic heterocycles. The Balaban J connectivity index is 2.24. The van der Waals surface area contributed by atoms with Gasteiger partial charge < -0.3 is 4.90 Å². The van der Waals surface area contributed by atoms with Crippen molar-refractivity contribution >= 4 is 33.3 Å². The molecule has 1 heterocycles. The SMILES string of the molecule is CCCN(c1ncc(Br)cc1Cl)C1CC1. The maximum absolute atomic E-state index is 6.20. The van der Waals surface area contributed by atoms with Gasteiger partial charge in [-0.2, -0.15) is 0 Å². The van der Waals surface area contributed by atoms with Gasteiger partial charge in [0.2, 0.25) is 0 Å². The van der Waals surface area contributed by atoms with Gasteiger partial charge in [0.25, 0.3) is 0 Å². The second-order valence-electron chi connectivity index (χ2n) is 3.88. The van der Waals surface area contributed by atoms with Crippen LogP contribution in [0.3, 0.4) is 0 Å². The molecule has 2 nitrogen and oxygen atoms in total. The first-order valence-electron chi connectivity index (χ1n) is 5.30. The molecule has 0 atom stereocenters. The topological polar surface area (TPSA) is 16.1 Å². The predicted octanol–water partition coefficient (Wildman–Crippen LogP) is 3.88. The highest BCUT2D eigenvalue weighted by Gasteiger charge is 2.30. The van der Waals surface area contributed by atoms with E-state index in [1.54, 1.807) is 0 Å². The van der Waals surface area contributed by atoms with Crippen molar-refractivity contribution in [1.82, 2.24) is 4.98 Å². The summed E-state index contributed by atoms with van der Waals surface area (Å²) in [7, 11) is 0. The zero-order chi connectivity index (χ0) is 10.8. The van der Waals surface area contributed by atoms with Gasteiger partial charge in [-0.25, -0.2) is 4.98 Å². The third-order valence-corrected chi connectivity index (χ3v) is 3.22. The Morgan fingerprint density at radius 1 is 1.60 bits per heavy atom. The average molecular weight is 290 g/mol. The maximum Gasteiger partial charge on any atom is 0.147 e. The van der Waals surface area contributed by atoms with E-state index < -0.39 is 0 Å². The van der Waals surface area contributed by atoms with Gasteiger partial charge >= 0.3 is 0 Å². The number of hydrogen-bond acceptors (Lipinski definition) is 2. The van der Waals surface area contributed by atoms with E-state index in [2.05, 4.69) is 32.7 Å². The standard InChI is InChI=1S/C11H14BrClN2/c1-2-5-15(9-3-4-9)11-10(13)6-8(12)7-14-11/h6-7,9H,2-5H2,1H3. The molecule has 0 N–H and O–H groups in total. The first-order valence-corrected chi connectivity index (χ1v) is 6.47. The van der Waals surface area contributed by atoms with Gasteiger partial charge in [0.15, 0.2) is 0 Å². The van der Waals surface area contributed by atoms with Crippen LogP contribution < -0.4 is 4.90 Å². The van der Waals surface area contributed by atoms with Crippen molar-refractivity contribution in [2.75, 3.05) is 11.4 Å². The summed E-state index contributed by atoms with van der Waals surface area (Å²) < 4.78 is 0.934. The van der Waals surface area contributed by atoms with E-state index in [0.29, 0.717) is 6.04 Å². The first kappa shape index (κ1) is 11.2. The van der Waals surface area contributed by atoms with Crippen molar-refractivity contribution < 1.29 is 0 Å². The molecule has 0 radical (unpaired) electrons. The first-order chi connectivity index (χ1) is 7.22. The summed E-state index contributed by atoms with van der Waals surface area (Å²) in [6.07, 6.45) is 5.49. The molecule has 0 saturated heterocycles. The van der Waals surface area contributed by atoms with E-state index in [9.17, 15) is 0 Å². The van der Waals surface area contributed by atoms with Gasteiger partial charge in [-0.05, 0) is 41.3 Å². The van der Waals surface area contributed by atoms with Crippen LogP contribution in [0.25, 0.3) is 0 Å². The Morgan fingerprint density at radius 2 is 2.33 bits per heavy atom. The molecule has 1 aliphatic rings. The van der Waals surface area contributed by atoms with Gasteiger partial charge in [0.1, 0.15) is 5.82 Å². The number of nitrogens with zero attached hydrogens (tertiary/aromatic N) is 2. The summed E-state index contributed by atoms with van der Waals surface area (Å²) in [5, 5.41) is 0.740. The number of aromatic nitrogens is 1. The molecule has 0 bridgehead atoms. The van der Waals surface area contributed by atoms with Crippen LogP contribution in [0.1, 0.15) is 26.2 Å². The monoisotopic (exact) mass is 288 g/mol. The zero-order valence-corrected chi connectivity index (χ0v) is 11.1. The van der Waals surface area contributed by atoms with Crippen LogP contribution in [0, 0.1) is 0 Å². The van der Waals surface area contributed by atoms with Gasteiger partial charge in [-0.1, -0.05) is 18.5 Å². The number of anilines is 1. The number of rotatable bonds is 4. The Bertz CT molecular complexity index is 352. The second-order valence-corrected chi connectivity index (χ2v) is 5.21. The van der Waals surface area contributed by atoms with Crippen molar-refractivity contribution in [3.8, 4) is 0 Å². The highest BCUT2D eigenvalue weighted by molar-refractivity contribution is 9.10. The largest absolute Gasteiger partial charge is 0.352 e. The Labute approximate surface area is 104 Å². The van der Waals surface area contributed by atoms with E-state index >= 15 is 0 Å². The van der Waals surface area contributed by atoms with Crippen LogP contribution in [-0.4, -0.2) is 17.6 Å². The lowest BCUT2D eigenvalue weighted by Gasteiger charge is -2.23. The van der Waals surface area contributed by atoms with Crippen molar-refractivity contribution in [2.24, 2.45) is 0 Å². The Morgan fingerprint density at radius 3 is 2.87 bits per heavy atom. The van der Waals surface area contributed by atoms with Crippen LogP contribution in [-0.2, 0) is 0 Å². The van der Waals surface area contributed by atoms with Crippen LogP contribution in [0.5, 0.6) is 0 Å². The molecule has 1 aliphatic carbocycles. The summed E-state index contributed by atoms with van der Waals surface area (Å²) in [6.45, 7) is 3.22. The smallest absolute Gasteiger partial charge is 0.147 e. The van der Waals surface area contributed by atoms with E-state index in [1.807, 2.05) is 12.3 Å². The number of pyridine rings is 1. The number of halogens is 2. The summed E-state index contributed by atoms with van der Waals surface area (Å²) in [5.74, 6) is 0.934. The molecule has 0 unspecified atom stereocenters. The Hall–Kier alpha value is -0.280. The molecule has 2 rings (SSSR count). The lowest BCUT2D eigenvalue weighted by molar-refractivity contribution is 0.750. The predicted molar refractivity (Wildman–Crippen MR) is 67.6 cm³/mol. The number of hydrogen-bond donors (Lipinski definition) is 0. The average Bonchev–Trinajstić information content (AvgIpc) is 2.98. The third-order valence-electron chi connectivity index (χ3n) is 2.51. The molecule has 15 heavy (non-hydrogen) atoms. The van der Waals surface area contributed by atoms with Crippen molar-refractivity contribution in [3.05, 3.63) is 21.8 Å². The molecular weight excluding hydrogens is 275 g/mol. The molecule has 1 saturated carbocycles. The van der Waals surface area contributed by atoms with Gasteiger partial charge in [0, 0.05) is 23.3 Å². The fourth-order valence-electron chi connectivity index (χ4n) is 1.71. The van der Waals surface area contributed by atoms with Gasteiger partial charge in [-0.15, -0.1) is 0 Å². The summed E-state index contributed by atoms with van der Waals surface area (Å²) in [5.41, 5.74) is 0. The molecule has 1 fully saturated rings. The van der Waals surface area contributed by atoms with Crippen LogP contribution in [0.15, 0.2) is 16.7 Å². The summed E-state index contributed by atoms with van der Waals surface area (Å²) >= 11 is 9.57. The molecule has 0 aromatic carbocycles. The zero-order valence-electron chi connectivity index (χ0n) is 8.71. The minimum Gasteiger partial charge on any atom is -0.352 e. The summed E-state index contributed by atoms with van der Waals surface area (Å²) in [6, 6.07) is 2.57. The van der Waals surface area contributed by atoms with E-state index in [-0.39, 0.29) is 0 Å². The molecule has 0 amide bonds. The lowest BCUT2D eigenvalue weighted by atomic mass is 10.3. The lowest BCUT2D eigenvalue weighted by Crippen LogP contribution is -2.27. The molecule has 1 aromatic rings. The highest BCUT2D eigenvalue weighted by Crippen LogP contribution is 2.35. The Kier molecular flexibility index (Phi) is 3.52. The normalized spacial score (nSPS) is 15.4. The molecule has 0 spiro atoms. The fourth-order valence-corrected chi connectivity index (χ4v) is 2.45. The summed E-state index contributed by atoms with van der Waals surface area (Å²) in [4.78, 5) is 6.73. The van der Waals surface area contributed by atoms with Crippen LogP contribution >= 0.6 is 27.5 Å². The van der Waals surface area contributed by atoms with E-state index in [4.69, 9.17) is 11.6 Å². The third kappa shape index (κ3) is 2.64. The van der Waals surface area contributed by atoms with Gasteiger partial charge in [0.05, 0.1) is 5.02 Å². The van der Waals surface area contributed by atoms with Crippen molar-refractivity contribution in [1.29, 1.82) is 0 Å². The van der Waals surface area contributed by atoms with Gasteiger partial charge in [-0.3, -0.25) is 0 Å². The second kappa shape index (κ2) is 4.71. The molecule has 4 heteroatoms. The molecule has 82 valence electrons. The van der Waals surface area contributed by atoms with Crippen LogP contribution in [0.2, 0.25) is 5.02 Å². The minimum atomic E-state index is 0.663. The van der Waals surface area contributed by atoms with Crippen LogP contribution in [0.4, 0.5) is 5.82 Å². The molecule has 1 aromatic heterocycles. The van der Waals surface area contributed by atoms with Crippen molar-refractivity contribution in [3.63, 3.8) is 0 Å². The van der Waals surface area contributed by atoms with E-state index in [1.165, 1.54) is 12.8 Å². The van der Waals surface area contributed by atoms with Crippen molar-refractivity contribution in [2.45, 2.75) is 32.2 Å². The highest BCUT2D eigenvalue weighted by atomic mass is 79.9. The maximum atomic E-state index is 6.20. The quantitative estimate of drug-likeness (QED) is 0.836. The fraction of sp³-hybridized carbons (Fsp3) is 0.545. The van der Waals surface area contributed by atoms with E-state index in [0.717, 1.165) is 28.3 Å². The minimum absolute atomic E-state index is 0.663.